The first-order chi connectivity index (χ1) is 7.88. The second-order valence-electron chi connectivity index (χ2n) is 4.23. The summed E-state index contributed by atoms with van der Waals surface area (Å²) in [6.07, 6.45) is 3.55. The fourth-order valence-electron chi connectivity index (χ4n) is 1.55. The number of rotatable bonds is 7. The standard InChI is InChI=1S/C13H19NOS/c15-7-2-8-16-13-4-1-3-11(9-13)10-14-12-5-6-12/h1,3-4,9,12,14-15H,2,5-8,10H2. The second kappa shape index (κ2) is 6.28. The van der Waals surface area contributed by atoms with Gasteiger partial charge in [-0.2, -0.15) is 0 Å². The first-order valence-electron chi connectivity index (χ1n) is 5.94. The van der Waals surface area contributed by atoms with E-state index in [4.69, 9.17) is 5.11 Å². The Morgan fingerprint density at radius 2 is 2.25 bits per heavy atom. The Hall–Kier alpha value is -0.510. The Morgan fingerprint density at radius 1 is 1.38 bits per heavy atom. The smallest absolute Gasteiger partial charge is 0.0439 e. The lowest BCUT2D eigenvalue weighted by Gasteiger charge is -2.05. The number of aliphatic hydroxyl groups excluding tert-OH is 1. The maximum absolute atomic E-state index is 8.73. The van der Waals surface area contributed by atoms with Gasteiger partial charge in [-0.3, -0.25) is 0 Å². The normalized spacial score (nSPS) is 15.3. The molecule has 0 heterocycles. The zero-order chi connectivity index (χ0) is 11.2. The molecule has 0 spiro atoms. The quantitative estimate of drug-likeness (QED) is 0.564. The van der Waals surface area contributed by atoms with Crippen molar-refractivity contribution in [1.82, 2.24) is 5.32 Å². The summed E-state index contributed by atoms with van der Waals surface area (Å²) in [5, 5.41) is 12.2. The fourth-order valence-corrected chi connectivity index (χ4v) is 2.47. The van der Waals surface area contributed by atoms with Crippen molar-refractivity contribution in [3.63, 3.8) is 0 Å². The van der Waals surface area contributed by atoms with Gasteiger partial charge in [0.05, 0.1) is 0 Å². The van der Waals surface area contributed by atoms with Gasteiger partial charge >= 0.3 is 0 Å². The molecule has 0 unspecified atom stereocenters. The van der Waals surface area contributed by atoms with E-state index in [2.05, 4.69) is 29.6 Å². The topological polar surface area (TPSA) is 32.3 Å². The first-order valence-corrected chi connectivity index (χ1v) is 6.93. The van der Waals surface area contributed by atoms with Crippen LogP contribution in [0.15, 0.2) is 29.2 Å². The molecule has 1 aromatic carbocycles. The summed E-state index contributed by atoms with van der Waals surface area (Å²) in [4.78, 5) is 1.31. The summed E-state index contributed by atoms with van der Waals surface area (Å²) < 4.78 is 0. The molecule has 1 aromatic rings. The predicted octanol–water partition coefficient (Wildman–Crippen LogP) is 2.41. The van der Waals surface area contributed by atoms with Crippen LogP contribution >= 0.6 is 11.8 Å². The van der Waals surface area contributed by atoms with Crippen LogP contribution in [0.2, 0.25) is 0 Å². The monoisotopic (exact) mass is 237 g/mol. The zero-order valence-electron chi connectivity index (χ0n) is 9.48. The molecule has 2 nitrogen and oxygen atoms in total. The third-order valence-electron chi connectivity index (χ3n) is 2.64. The van der Waals surface area contributed by atoms with E-state index < -0.39 is 0 Å². The molecule has 2 rings (SSSR count). The Morgan fingerprint density at radius 3 is 3.00 bits per heavy atom. The summed E-state index contributed by atoms with van der Waals surface area (Å²) in [5.41, 5.74) is 1.36. The van der Waals surface area contributed by atoms with E-state index >= 15 is 0 Å². The van der Waals surface area contributed by atoms with E-state index in [-0.39, 0.29) is 6.61 Å². The van der Waals surface area contributed by atoms with Crippen LogP contribution in [0.3, 0.4) is 0 Å². The molecule has 88 valence electrons. The Balaban J connectivity index is 1.80. The summed E-state index contributed by atoms with van der Waals surface area (Å²) in [7, 11) is 0. The Bertz CT molecular complexity index is 325. The van der Waals surface area contributed by atoms with E-state index in [9.17, 15) is 0 Å². The second-order valence-corrected chi connectivity index (χ2v) is 5.40. The summed E-state index contributed by atoms with van der Waals surface area (Å²) in [5.74, 6) is 0.996. The van der Waals surface area contributed by atoms with E-state index in [1.807, 2.05) is 11.8 Å². The minimum Gasteiger partial charge on any atom is -0.396 e. The van der Waals surface area contributed by atoms with Gasteiger partial charge in [0.25, 0.3) is 0 Å². The van der Waals surface area contributed by atoms with Crippen molar-refractivity contribution >= 4 is 11.8 Å². The van der Waals surface area contributed by atoms with Crippen LogP contribution in [-0.2, 0) is 6.54 Å². The van der Waals surface area contributed by atoms with Crippen LogP contribution in [-0.4, -0.2) is 23.5 Å². The summed E-state index contributed by atoms with van der Waals surface area (Å²) in [6, 6.07) is 9.45. The molecule has 2 N–H and O–H groups in total. The lowest BCUT2D eigenvalue weighted by atomic mass is 10.2. The van der Waals surface area contributed by atoms with Crippen molar-refractivity contribution < 1.29 is 5.11 Å². The molecular formula is C13H19NOS. The average molecular weight is 237 g/mol. The number of thioether (sulfide) groups is 1. The first kappa shape index (κ1) is 12.0. The third kappa shape index (κ3) is 4.16. The van der Waals surface area contributed by atoms with Crippen molar-refractivity contribution in [3.8, 4) is 0 Å². The number of nitrogens with one attached hydrogen (secondary N) is 1. The fraction of sp³-hybridized carbons (Fsp3) is 0.538. The van der Waals surface area contributed by atoms with E-state index in [1.54, 1.807) is 0 Å². The van der Waals surface area contributed by atoms with Crippen LogP contribution in [0.1, 0.15) is 24.8 Å². The average Bonchev–Trinajstić information content (AvgIpc) is 3.11. The summed E-state index contributed by atoms with van der Waals surface area (Å²) in [6.45, 7) is 1.27. The highest BCUT2D eigenvalue weighted by Gasteiger charge is 2.19. The van der Waals surface area contributed by atoms with Crippen LogP contribution in [0.5, 0.6) is 0 Å². The highest BCUT2D eigenvalue weighted by Crippen LogP contribution is 2.22. The predicted molar refractivity (Wildman–Crippen MR) is 68.7 cm³/mol. The largest absolute Gasteiger partial charge is 0.396 e. The molecule has 0 amide bonds. The lowest BCUT2D eigenvalue weighted by Crippen LogP contribution is -2.15. The molecule has 1 aliphatic rings. The van der Waals surface area contributed by atoms with Crippen LogP contribution < -0.4 is 5.32 Å². The summed E-state index contributed by atoms with van der Waals surface area (Å²) >= 11 is 1.82. The molecule has 0 aliphatic heterocycles. The van der Waals surface area contributed by atoms with Crippen molar-refractivity contribution in [2.45, 2.75) is 36.7 Å². The number of hydrogen-bond acceptors (Lipinski definition) is 3. The van der Waals surface area contributed by atoms with Crippen molar-refractivity contribution in [3.05, 3.63) is 29.8 Å². The molecule has 3 heteroatoms. The van der Waals surface area contributed by atoms with Crippen LogP contribution in [0, 0.1) is 0 Å². The molecular weight excluding hydrogens is 218 g/mol. The highest BCUT2D eigenvalue weighted by molar-refractivity contribution is 7.99. The molecule has 1 saturated carbocycles. The van der Waals surface area contributed by atoms with Gasteiger partial charge < -0.3 is 10.4 Å². The molecule has 0 bridgehead atoms. The van der Waals surface area contributed by atoms with E-state index in [0.717, 1.165) is 24.8 Å². The van der Waals surface area contributed by atoms with E-state index in [0.29, 0.717) is 0 Å². The lowest BCUT2D eigenvalue weighted by molar-refractivity contribution is 0.296. The van der Waals surface area contributed by atoms with Crippen molar-refractivity contribution in [2.75, 3.05) is 12.4 Å². The van der Waals surface area contributed by atoms with Gasteiger partial charge in [0, 0.05) is 29.8 Å². The van der Waals surface area contributed by atoms with Gasteiger partial charge in [0.1, 0.15) is 0 Å². The molecule has 16 heavy (non-hydrogen) atoms. The van der Waals surface area contributed by atoms with Gasteiger partial charge in [-0.1, -0.05) is 12.1 Å². The SMILES string of the molecule is OCCCSc1cccc(CNC2CC2)c1. The van der Waals surface area contributed by atoms with Gasteiger partial charge in [0.2, 0.25) is 0 Å². The van der Waals surface area contributed by atoms with Crippen LogP contribution in [0.25, 0.3) is 0 Å². The maximum atomic E-state index is 8.73. The number of hydrogen-bond donors (Lipinski definition) is 2. The molecule has 1 aliphatic carbocycles. The van der Waals surface area contributed by atoms with E-state index in [1.165, 1.54) is 23.3 Å². The molecule has 0 aromatic heterocycles. The van der Waals surface area contributed by atoms with Crippen molar-refractivity contribution in [2.24, 2.45) is 0 Å². The Kier molecular flexibility index (Phi) is 4.69. The maximum Gasteiger partial charge on any atom is 0.0439 e. The zero-order valence-corrected chi connectivity index (χ0v) is 10.3. The van der Waals surface area contributed by atoms with Gasteiger partial charge in [-0.05, 0) is 37.0 Å². The van der Waals surface area contributed by atoms with Crippen LogP contribution in [0.4, 0.5) is 0 Å². The molecule has 0 saturated heterocycles. The Labute approximate surface area is 101 Å². The molecule has 1 fully saturated rings. The highest BCUT2D eigenvalue weighted by atomic mass is 32.2. The third-order valence-corrected chi connectivity index (χ3v) is 3.72. The molecule has 0 radical (unpaired) electrons. The van der Waals surface area contributed by atoms with Gasteiger partial charge in [-0.15, -0.1) is 11.8 Å². The van der Waals surface area contributed by atoms with Gasteiger partial charge in [-0.25, -0.2) is 0 Å². The number of aliphatic hydroxyl groups is 1. The van der Waals surface area contributed by atoms with Crippen molar-refractivity contribution in [1.29, 1.82) is 0 Å². The molecule has 0 atom stereocenters. The number of benzene rings is 1. The minimum absolute atomic E-state index is 0.288. The van der Waals surface area contributed by atoms with Gasteiger partial charge in [0.15, 0.2) is 0 Å². The minimum atomic E-state index is 0.288.